The minimum atomic E-state index is -3.04. The summed E-state index contributed by atoms with van der Waals surface area (Å²) < 4.78 is 23.7. The standard InChI is InChI=1S/C18H21Cl2NO3S/c19-14-7-5-13(17(20)11-14)6-8-18(22)21(15-3-1-2-4-15)16-9-10-25(23,24)12-16/h5-8,11,15-16H,1-4,9-10,12H2. The molecule has 25 heavy (non-hydrogen) atoms. The molecular formula is C18H21Cl2NO3S. The van der Waals surface area contributed by atoms with Gasteiger partial charge in [0.05, 0.1) is 11.5 Å². The molecule has 3 rings (SSSR count). The first-order valence-electron chi connectivity index (χ1n) is 8.51. The van der Waals surface area contributed by atoms with E-state index in [1.165, 1.54) is 6.08 Å². The van der Waals surface area contributed by atoms with Gasteiger partial charge in [0, 0.05) is 28.2 Å². The molecule has 0 N–H and O–H groups in total. The number of sulfone groups is 1. The van der Waals surface area contributed by atoms with Gasteiger partial charge < -0.3 is 4.90 Å². The molecule has 136 valence electrons. The fourth-order valence-electron chi connectivity index (χ4n) is 3.72. The molecule has 0 aromatic heterocycles. The molecule has 0 bridgehead atoms. The van der Waals surface area contributed by atoms with Gasteiger partial charge in [-0.15, -0.1) is 0 Å². The van der Waals surface area contributed by atoms with E-state index in [9.17, 15) is 13.2 Å². The van der Waals surface area contributed by atoms with Crippen LogP contribution in [-0.2, 0) is 14.6 Å². The Morgan fingerprint density at radius 2 is 1.84 bits per heavy atom. The molecular weight excluding hydrogens is 381 g/mol. The first kappa shape index (κ1) is 18.7. The molecule has 1 saturated carbocycles. The van der Waals surface area contributed by atoms with E-state index < -0.39 is 9.84 Å². The van der Waals surface area contributed by atoms with Gasteiger partial charge in [0.25, 0.3) is 0 Å². The quantitative estimate of drug-likeness (QED) is 0.717. The van der Waals surface area contributed by atoms with Crippen LogP contribution in [0.5, 0.6) is 0 Å². The number of hydrogen-bond donors (Lipinski definition) is 0. The van der Waals surface area contributed by atoms with Crippen molar-refractivity contribution >= 4 is 45.0 Å². The van der Waals surface area contributed by atoms with Gasteiger partial charge in [0.1, 0.15) is 0 Å². The van der Waals surface area contributed by atoms with Gasteiger partial charge in [-0.25, -0.2) is 8.42 Å². The highest BCUT2D eigenvalue weighted by atomic mass is 35.5. The van der Waals surface area contributed by atoms with E-state index in [2.05, 4.69) is 0 Å². The van der Waals surface area contributed by atoms with Crippen molar-refractivity contribution in [2.24, 2.45) is 0 Å². The van der Waals surface area contributed by atoms with Crippen molar-refractivity contribution in [2.75, 3.05) is 11.5 Å². The zero-order valence-corrected chi connectivity index (χ0v) is 16.2. The second kappa shape index (κ2) is 7.68. The van der Waals surface area contributed by atoms with Gasteiger partial charge in [0.2, 0.25) is 5.91 Å². The molecule has 0 radical (unpaired) electrons. The maximum atomic E-state index is 12.9. The molecule has 1 heterocycles. The Hall–Kier alpha value is -1.04. The molecule has 1 aliphatic heterocycles. The average Bonchev–Trinajstić information content (AvgIpc) is 3.17. The summed E-state index contributed by atoms with van der Waals surface area (Å²) in [4.78, 5) is 14.7. The Bertz CT molecular complexity index is 786. The van der Waals surface area contributed by atoms with Crippen LogP contribution >= 0.6 is 23.2 Å². The third kappa shape index (κ3) is 4.57. The van der Waals surface area contributed by atoms with Crippen LogP contribution in [0.1, 0.15) is 37.7 Å². The van der Waals surface area contributed by atoms with Gasteiger partial charge in [-0.1, -0.05) is 42.1 Å². The number of halogens is 2. The van der Waals surface area contributed by atoms with Crippen molar-refractivity contribution in [3.63, 3.8) is 0 Å². The van der Waals surface area contributed by atoms with Crippen molar-refractivity contribution in [2.45, 2.75) is 44.2 Å². The first-order chi connectivity index (χ1) is 11.9. The van der Waals surface area contributed by atoms with Crippen LogP contribution in [-0.4, -0.2) is 42.8 Å². The average molecular weight is 402 g/mol. The Balaban J connectivity index is 1.80. The maximum Gasteiger partial charge on any atom is 0.247 e. The predicted molar refractivity (Wildman–Crippen MR) is 102 cm³/mol. The molecule has 1 unspecified atom stereocenters. The molecule has 2 fully saturated rings. The predicted octanol–water partition coefficient (Wildman–Crippen LogP) is 3.96. The van der Waals surface area contributed by atoms with Gasteiger partial charge in [-0.2, -0.15) is 0 Å². The lowest BCUT2D eigenvalue weighted by molar-refractivity contribution is -0.130. The highest BCUT2D eigenvalue weighted by Crippen LogP contribution is 2.30. The van der Waals surface area contributed by atoms with E-state index in [1.54, 1.807) is 29.2 Å². The summed E-state index contributed by atoms with van der Waals surface area (Å²) in [6, 6.07) is 5.03. The summed E-state index contributed by atoms with van der Waals surface area (Å²) >= 11 is 12.0. The highest BCUT2D eigenvalue weighted by molar-refractivity contribution is 7.91. The minimum Gasteiger partial charge on any atom is -0.332 e. The second-order valence-corrected chi connectivity index (χ2v) is 9.81. The number of nitrogens with zero attached hydrogens (tertiary/aromatic N) is 1. The lowest BCUT2D eigenvalue weighted by Gasteiger charge is -2.33. The molecule has 1 aromatic carbocycles. The molecule has 1 saturated heterocycles. The topological polar surface area (TPSA) is 54.5 Å². The van der Waals surface area contributed by atoms with Crippen LogP contribution in [0.4, 0.5) is 0 Å². The summed E-state index contributed by atoms with van der Waals surface area (Å²) in [5.74, 6) is 0.103. The number of rotatable bonds is 4. The van der Waals surface area contributed by atoms with Crippen LogP contribution in [0.25, 0.3) is 6.08 Å². The lowest BCUT2D eigenvalue weighted by Crippen LogP contribution is -2.46. The molecule has 1 aliphatic carbocycles. The molecule has 1 aromatic rings. The number of amides is 1. The SMILES string of the molecule is O=C(C=Cc1ccc(Cl)cc1Cl)N(C1CCCC1)C1CCS(=O)(=O)C1. The largest absolute Gasteiger partial charge is 0.332 e. The Kier molecular flexibility index (Phi) is 5.76. The number of carbonyl (C=O) groups is 1. The maximum absolute atomic E-state index is 12.9. The third-order valence-corrected chi connectivity index (χ3v) is 7.26. The molecule has 2 aliphatic rings. The van der Waals surface area contributed by atoms with Gasteiger partial charge in [0.15, 0.2) is 9.84 Å². The van der Waals surface area contributed by atoms with Gasteiger partial charge in [-0.05, 0) is 43.0 Å². The van der Waals surface area contributed by atoms with E-state index in [4.69, 9.17) is 23.2 Å². The number of carbonyl (C=O) groups excluding carboxylic acids is 1. The Labute approximate surface area is 158 Å². The minimum absolute atomic E-state index is 0.0742. The van der Waals surface area contributed by atoms with Crippen LogP contribution in [0.3, 0.4) is 0 Å². The second-order valence-electron chi connectivity index (χ2n) is 6.74. The fraction of sp³-hybridized carbons (Fsp3) is 0.500. The molecule has 7 heteroatoms. The summed E-state index contributed by atoms with van der Waals surface area (Å²) in [5.41, 5.74) is 0.713. The van der Waals surface area contributed by atoms with Crippen molar-refractivity contribution in [1.29, 1.82) is 0 Å². The van der Waals surface area contributed by atoms with Crippen LogP contribution < -0.4 is 0 Å². The van der Waals surface area contributed by atoms with Crippen molar-refractivity contribution in [3.05, 3.63) is 39.9 Å². The van der Waals surface area contributed by atoms with Crippen LogP contribution in [0.15, 0.2) is 24.3 Å². The normalized spacial score (nSPS) is 23.4. The fourth-order valence-corrected chi connectivity index (χ4v) is 5.90. The van der Waals surface area contributed by atoms with E-state index in [0.29, 0.717) is 22.0 Å². The Morgan fingerprint density at radius 1 is 1.12 bits per heavy atom. The van der Waals surface area contributed by atoms with E-state index in [0.717, 1.165) is 25.7 Å². The summed E-state index contributed by atoms with van der Waals surface area (Å²) in [6.07, 6.45) is 7.75. The summed E-state index contributed by atoms with van der Waals surface area (Å²) in [6.45, 7) is 0. The smallest absolute Gasteiger partial charge is 0.247 e. The van der Waals surface area contributed by atoms with Crippen LogP contribution in [0, 0.1) is 0 Å². The zero-order valence-electron chi connectivity index (χ0n) is 13.8. The molecule has 4 nitrogen and oxygen atoms in total. The lowest BCUT2D eigenvalue weighted by atomic mass is 10.1. The highest BCUT2D eigenvalue weighted by Gasteiger charge is 2.38. The first-order valence-corrected chi connectivity index (χ1v) is 11.1. The van der Waals surface area contributed by atoms with E-state index in [1.807, 2.05) is 0 Å². The van der Waals surface area contributed by atoms with Crippen LogP contribution in [0.2, 0.25) is 10.0 Å². The van der Waals surface area contributed by atoms with E-state index in [-0.39, 0.29) is 29.5 Å². The van der Waals surface area contributed by atoms with Gasteiger partial charge in [-0.3, -0.25) is 4.79 Å². The molecule has 1 atom stereocenters. The van der Waals surface area contributed by atoms with Crippen molar-refractivity contribution < 1.29 is 13.2 Å². The summed E-state index contributed by atoms with van der Waals surface area (Å²) in [5, 5.41) is 1.02. The molecule has 0 spiro atoms. The van der Waals surface area contributed by atoms with Crippen molar-refractivity contribution in [1.82, 2.24) is 4.90 Å². The summed E-state index contributed by atoms with van der Waals surface area (Å²) in [7, 11) is -3.04. The van der Waals surface area contributed by atoms with Crippen molar-refractivity contribution in [3.8, 4) is 0 Å². The third-order valence-electron chi connectivity index (χ3n) is 4.94. The number of benzene rings is 1. The monoisotopic (exact) mass is 401 g/mol. The Morgan fingerprint density at radius 3 is 2.44 bits per heavy atom. The van der Waals surface area contributed by atoms with E-state index >= 15 is 0 Å². The molecule has 1 amide bonds. The van der Waals surface area contributed by atoms with Gasteiger partial charge >= 0.3 is 0 Å². The zero-order chi connectivity index (χ0) is 18.0. The number of hydrogen-bond acceptors (Lipinski definition) is 3.